The molecule has 0 fully saturated rings. The van der Waals surface area contributed by atoms with Crippen molar-refractivity contribution >= 4 is 0 Å². The molecule has 0 atom stereocenters. The van der Waals surface area contributed by atoms with Crippen molar-refractivity contribution in [1.82, 2.24) is 0 Å². The van der Waals surface area contributed by atoms with Crippen LogP contribution >= 0.6 is 0 Å². The maximum absolute atomic E-state index is 8.71. The van der Waals surface area contributed by atoms with E-state index in [1.807, 2.05) is 0 Å². The summed E-state index contributed by atoms with van der Waals surface area (Å²) in [5.41, 5.74) is 0. The fourth-order valence-electron chi connectivity index (χ4n) is 0.724. The summed E-state index contributed by atoms with van der Waals surface area (Å²) in [5, 5.41) is 26.1. The third kappa shape index (κ3) is 4.57. The number of phenols is 3. The van der Waals surface area contributed by atoms with Crippen LogP contribution < -0.4 is 0 Å². The fraction of sp³-hybridized carbons (Fsp3) is 0.400. The van der Waals surface area contributed by atoms with Crippen molar-refractivity contribution in [3.63, 3.8) is 0 Å². The van der Waals surface area contributed by atoms with Gasteiger partial charge in [-0.25, -0.2) is 0 Å². The van der Waals surface area contributed by atoms with Gasteiger partial charge in [-0.3, -0.25) is 0 Å². The fourth-order valence-corrected chi connectivity index (χ4v) is 0.724. The van der Waals surface area contributed by atoms with Crippen LogP contribution in [0.4, 0.5) is 0 Å². The molecule has 0 spiro atoms. The maximum Gasteiger partial charge on any atom is 0.200 e. The Morgan fingerprint density at radius 3 is 1.86 bits per heavy atom. The van der Waals surface area contributed by atoms with Crippen LogP contribution in [0.3, 0.4) is 0 Å². The highest BCUT2D eigenvalue weighted by Crippen LogP contribution is 2.32. The van der Waals surface area contributed by atoms with Gasteiger partial charge in [0.25, 0.3) is 0 Å². The van der Waals surface area contributed by atoms with Gasteiger partial charge in [-0.15, -0.1) is 0 Å². The second kappa shape index (κ2) is 7.03. The van der Waals surface area contributed by atoms with Gasteiger partial charge in [0, 0.05) is 13.7 Å². The van der Waals surface area contributed by atoms with E-state index in [0.717, 1.165) is 13.0 Å². The Labute approximate surface area is 83.4 Å². The van der Waals surface area contributed by atoms with Crippen molar-refractivity contribution in [2.24, 2.45) is 0 Å². The van der Waals surface area contributed by atoms with Gasteiger partial charge < -0.3 is 20.1 Å². The van der Waals surface area contributed by atoms with E-state index in [9.17, 15) is 0 Å². The van der Waals surface area contributed by atoms with Gasteiger partial charge in [-0.2, -0.15) is 0 Å². The molecule has 0 aliphatic carbocycles. The molecule has 0 aliphatic heterocycles. The van der Waals surface area contributed by atoms with E-state index in [2.05, 4.69) is 6.92 Å². The molecule has 4 heteroatoms. The number of phenolic OH excluding ortho intramolecular Hbond substituents is 3. The zero-order valence-corrected chi connectivity index (χ0v) is 8.40. The van der Waals surface area contributed by atoms with Gasteiger partial charge in [0.1, 0.15) is 0 Å². The lowest BCUT2D eigenvalue weighted by Crippen LogP contribution is -1.80. The highest BCUT2D eigenvalue weighted by molar-refractivity contribution is 5.47. The molecule has 0 aromatic heterocycles. The van der Waals surface area contributed by atoms with E-state index >= 15 is 0 Å². The number of rotatable bonds is 2. The topological polar surface area (TPSA) is 69.9 Å². The molecule has 3 N–H and O–H groups in total. The largest absolute Gasteiger partial charge is 0.504 e. The van der Waals surface area contributed by atoms with Gasteiger partial charge >= 0.3 is 0 Å². The van der Waals surface area contributed by atoms with Gasteiger partial charge in [-0.05, 0) is 18.6 Å². The Bertz CT molecular complexity index is 238. The highest BCUT2D eigenvalue weighted by Gasteiger charge is 2.00. The molecule has 0 saturated carbocycles. The van der Waals surface area contributed by atoms with Crippen LogP contribution in [-0.4, -0.2) is 29.0 Å². The molecule has 1 rings (SSSR count). The molecule has 0 radical (unpaired) electrons. The predicted molar refractivity (Wildman–Crippen MR) is 53.6 cm³/mol. The molecule has 1 aromatic rings. The summed E-state index contributed by atoms with van der Waals surface area (Å²) in [4.78, 5) is 0. The molecule has 0 amide bonds. The Morgan fingerprint density at radius 1 is 1.14 bits per heavy atom. The lowest BCUT2D eigenvalue weighted by molar-refractivity contribution is 0.199. The molecule has 80 valence electrons. The summed E-state index contributed by atoms with van der Waals surface area (Å²) in [6.45, 7) is 2.98. The third-order valence-corrected chi connectivity index (χ3v) is 1.40. The van der Waals surface area contributed by atoms with Crippen LogP contribution in [0.25, 0.3) is 0 Å². The molecular weight excluding hydrogens is 184 g/mol. The van der Waals surface area contributed by atoms with Crippen LogP contribution in [0.5, 0.6) is 17.2 Å². The number of hydrogen-bond donors (Lipinski definition) is 3. The molecular formula is C10H16O4. The van der Waals surface area contributed by atoms with Crippen molar-refractivity contribution in [1.29, 1.82) is 0 Å². The van der Waals surface area contributed by atoms with Crippen LogP contribution in [-0.2, 0) is 4.74 Å². The minimum atomic E-state index is -0.475. The average molecular weight is 200 g/mol. The van der Waals surface area contributed by atoms with Crippen LogP contribution in [0.15, 0.2) is 18.2 Å². The lowest BCUT2D eigenvalue weighted by atomic mass is 10.3. The molecule has 0 heterocycles. The first kappa shape index (κ1) is 12.6. The van der Waals surface area contributed by atoms with Crippen molar-refractivity contribution in [2.75, 3.05) is 13.7 Å². The van der Waals surface area contributed by atoms with Crippen LogP contribution in [0.1, 0.15) is 13.3 Å². The Morgan fingerprint density at radius 2 is 1.64 bits per heavy atom. The number of para-hydroxylation sites is 1. The van der Waals surface area contributed by atoms with E-state index in [4.69, 9.17) is 20.1 Å². The number of benzene rings is 1. The predicted octanol–water partition coefficient (Wildman–Crippen LogP) is 1.85. The quantitative estimate of drug-likeness (QED) is 0.637. The summed E-state index contributed by atoms with van der Waals surface area (Å²) in [7, 11) is 1.71. The Hall–Kier alpha value is -1.42. The summed E-state index contributed by atoms with van der Waals surface area (Å²) in [5.74, 6) is -1.09. The first-order chi connectivity index (χ1) is 6.63. The SMILES string of the molecule is CCCOC.Oc1cccc(O)c1O. The smallest absolute Gasteiger partial charge is 0.200 e. The van der Waals surface area contributed by atoms with Crippen molar-refractivity contribution < 1.29 is 20.1 Å². The summed E-state index contributed by atoms with van der Waals surface area (Å²) < 4.78 is 4.69. The van der Waals surface area contributed by atoms with Gasteiger partial charge in [-0.1, -0.05) is 13.0 Å². The van der Waals surface area contributed by atoms with E-state index < -0.39 is 5.75 Å². The van der Waals surface area contributed by atoms with Crippen LogP contribution in [0.2, 0.25) is 0 Å². The third-order valence-electron chi connectivity index (χ3n) is 1.40. The minimum absolute atomic E-state index is 0.310. The number of ether oxygens (including phenoxy) is 1. The standard InChI is InChI=1S/C6H6O3.C4H10O/c7-4-2-1-3-5(8)6(4)9;1-3-4-5-2/h1-3,7-9H;3-4H2,1-2H3. The lowest BCUT2D eigenvalue weighted by Gasteiger charge is -1.96. The maximum atomic E-state index is 8.71. The molecule has 0 aliphatic rings. The van der Waals surface area contributed by atoms with E-state index in [1.165, 1.54) is 18.2 Å². The second-order valence-electron chi connectivity index (χ2n) is 2.64. The van der Waals surface area contributed by atoms with E-state index in [-0.39, 0.29) is 11.5 Å². The molecule has 1 aromatic carbocycles. The average Bonchev–Trinajstić information content (AvgIpc) is 2.16. The van der Waals surface area contributed by atoms with Crippen molar-refractivity contribution in [3.8, 4) is 17.2 Å². The first-order valence-electron chi connectivity index (χ1n) is 4.32. The zero-order chi connectivity index (χ0) is 11.0. The highest BCUT2D eigenvalue weighted by atomic mass is 16.5. The van der Waals surface area contributed by atoms with Gasteiger partial charge in [0.05, 0.1) is 0 Å². The van der Waals surface area contributed by atoms with E-state index in [0.29, 0.717) is 0 Å². The molecule has 0 bridgehead atoms. The molecule has 0 saturated heterocycles. The summed E-state index contributed by atoms with van der Waals surface area (Å²) in [6, 6.07) is 4.01. The summed E-state index contributed by atoms with van der Waals surface area (Å²) in [6.07, 6.45) is 1.12. The molecule has 0 unspecified atom stereocenters. The number of hydrogen-bond acceptors (Lipinski definition) is 4. The van der Waals surface area contributed by atoms with E-state index in [1.54, 1.807) is 7.11 Å². The zero-order valence-electron chi connectivity index (χ0n) is 8.40. The normalized spacial score (nSPS) is 9.00. The van der Waals surface area contributed by atoms with Gasteiger partial charge in [0.15, 0.2) is 17.2 Å². The van der Waals surface area contributed by atoms with Gasteiger partial charge in [0.2, 0.25) is 0 Å². The Kier molecular flexibility index (Phi) is 6.32. The molecule has 14 heavy (non-hydrogen) atoms. The number of methoxy groups -OCH3 is 1. The summed E-state index contributed by atoms with van der Waals surface area (Å²) >= 11 is 0. The monoisotopic (exact) mass is 200 g/mol. The Balaban J connectivity index is 0.000000292. The number of aromatic hydroxyl groups is 3. The van der Waals surface area contributed by atoms with Crippen LogP contribution in [0, 0.1) is 0 Å². The minimum Gasteiger partial charge on any atom is -0.504 e. The van der Waals surface area contributed by atoms with Crippen molar-refractivity contribution in [2.45, 2.75) is 13.3 Å². The van der Waals surface area contributed by atoms with Crippen molar-refractivity contribution in [3.05, 3.63) is 18.2 Å². The molecule has 4 nitrogen and oxygen atoms in total. The second-order valence-corrected chi connectivity index (χ2v) is 2.64. The first-order valence-corrected chi connectivity index (χ1v) is 4.32.